The van der Waals surface area contributed by atoms with Crippen LogP contribution in [0.2, 0.25) is 0 Å². The van der Waals surface area contributed by atoms with E-state index in [-0.39, 0.29) is 6.04 Å². The number of thiazole rings is 1. The first-order valence-electron chi connectivity index (χ1n) is 5.53. The molecule has 2 unspecified atom stereocenters. The number of fused-ring (bicyclic) bond motifs is 1. The molecule has 2 atom stereocenters. The van der Waals surface area contributed by atoms with Crippen LogP contribution >= 0.6 is 11.3 Å². The van der Waals surface area contributed by atoms with Crippen LogP contribution in [0.15, 0.2) is 30.4 Å². The van der Waals surface area contributed by atoms with E-state index < -0.39 is 0 Å². The number of nitrogens with two attached hydrogens (primary N) is 1. The Morgan fingerprint density at radius 1 is 1.38 bits per heavy atom. The van der Waals surface area contributed by atoms with Crippen LogP contribution in [-0.4, -0.2) is 11.0 Å². The van der Waals surface area contributed by atoms with Gasteiger partial charge < -0.3 is 5.73 Å². The van der Waals surface area contributed by atoms with Crippen LogP contribution in [0.4, 0.5) is 0 Å². The minimum absolute atomic E-state index is 0.207. The molecule has 0 bridgehead atoms. The van der Waals surface area contributed by atoms with Gasteiger partial charge in [-0.05, 0) is 31.0 Å². The van der Waals surface area contributed by atoms with Gasteiger partial charge in [-0.15, -0.1) is 11.3 Å². The molecule has 2 aromatic rings. The van der Waals surface area contributed by atoms with E-state index >= 15 is 0 Å². The lowest BCUT2D eigenvalue weighted by Crippen LogP contribution is -2.14. The van der Waals surface area contributed by atoms with E-state index in [1.807, 2.05) is 0 Å². The topological polar surface area (TPSA) is 38.9 Å². The largest absolute Gasteiger partial charge is 0.324 e. The lowest BCUT2D eigenvalue weighted by molar-refractivity contribution is 0.708. The van der Waals surface area contributed by atoms with Gasteiger partial charge in [0, 0.05) is 12.0 Å². The van der Waals surface area contributed by atoms with E-state index in [2.05, 4.69) is 37.3 Å². The van der Waals surface area contributed by atoms with Crippen molar-refractivity contribution >= 4 is 21.6 Å². The van der Waals surface area contributed by atoms with Crippen molar-refractivity contribution in [1.29, 1.82) is 0 Å². The summed E-state index contributed by atoms with van der Waals surface area (Å²) in [5.74, 6) is 0.424. The molecular formula is C13H14N2S. The molecule has 0 saturated carbocycles. The number of allylic oxidation sites excluding steroid dienone is 1. The average molecular weight is 230 g/mol. The number of aromatic nitrogens is 1. The van der Waals surface area contributed by atoms with Crippen molar-refractivity contribution in [1.82, 2.24) is 4.98 Å². The fourth-order valence-corrected chi connectivity index (χ4v) is 3.16. The Hall–Kier alpha value is -1.19. The van der Waals surface area contributed by atoms with Gasteiger partial charge >= 0.3 is 0 Å². The predicted octanol–water partition coefficient (Wildman–Crippen LogP) is 2.98. The lowest BCUT2D eigenvalue weighted by atomic mass is 10.1. The molecule has 1 aliphatic rings. The van der Waals surface area contributed by atoms with E-state index in [1.165, 1.54) is 15.3 Å². The normalized spacial score (nSPS) is 24.4. The van der Waals surface area contributed by atoms with Crippen LogP contribution in [0.3, 0.4) is 0 Å². The minimum atomic E-state index is 0.207. The molecule has 0 aliphatic heterocycles. The van der Waals surface area contributed by atoms with Gasteiger partial charge in [0.05, 0.1) is 10.2 Å². The third-order valence-corrected chi connectivity index (χ3v) is 4.16. The first-order valence-corrected chi connectivity index (χ1v) is 6.35. The maximum atomic E-state index is 5.87. The van der Waals surface area contributed by atoms with Crippen LogP contribution in [0, 0.1) is 6.92 Å². The molecule has 2 nitrogen and oxygen atoms in total. The number of benzene rings is 1. The molecular weight excluding hydrogens is 216 g/mol. The number of aryl methyl sites for hydroxylation is 1. The zero-order chi connectivity index (χ0) is 11.1. The van der Waals surface area contributed by atoms with Crippen LogP contribution in [0.25, 0.3) is 10.2 Å². The molecule has 16 heavy (non-hydrogen) atoms. The molecule has 1 aromatic carbocycles. The van der Waals surface area contributed by atoms with Gasteiger partial charge in [0.15, 0.2) is 0 Å². The van der Waals surface area contributed by atoms with Gasteiger partial charge in [0.25, 0.3) is 0 Å². The monoisotopic (exact) mass is 230 g/mol. The molecule has 0 saturated heterocycles. The minimum Gasteiger partial charge on any atom is -0.324 e. The standard InChI is InChI=1S/C13H14N2S/c1-8-2-5-12-11(6-8)15-13(16-12)9-3-4-10(14)7-9/h2-6,9-10H,7,14H2,1H3. The van der Waals surface area contributed by atoms with Crippen molar-refractivity contribution in [2.24, 2.45) is 5.73 Å². The first kappa shape index (κ1) is 10.00. The summed E-state index contributed by atoms with van der Waals surface area (Å²) < 4.78 is 1.27. The van der Waals surface area contributed by atoms with Crippen LogP contribution < -0.4 is 5.73 Å². The van der Waals surface area contributed by atoms with E-state index in [9.17, 15) is 0 Å². The van der Waals surface area contributed by atoms with E-state index in [0.29, 0.717) is 5.92 Å². The maximum Gasteiger partial charge on any atom is 0.101 e. The molecule has 2 N–H and O–H groups in total. The van der Waals surface area contributed by atoms with Crippen molar-refractivity contribution in [3.05, 3.63) is 40.9 Å². The Labute approximate surface area is 98.8 Å². The second-order valence-corrected chi connectivity index (χ2v) is 5.48. The molecule has 82 valence electrons. The van der Waals surface area contributed by atoms with Gasteiger partial charge in [-0.3, -0.25) is 0 Å². The van der Waals surface area contributed by atoms with Crippen molar-refractivity contribution in [2.75, 3.05) is 0 Å². The molecule has 1 aromatic heterocycles. The van der Waals surface area contributed by atoms with Gasteiger partial charge in [0.1, 0.15) is 5.01 Å². The van der Waals surface area contributed by atoms with E-state index in [0.717, 1.165) is 11.9 Å². The quantitative estimate of drug-likeness (QED) is 0.765. The van der Waals surface area contributed by atoms with Gasteiger partial charge in [-0.1, -0.05) is 18.2 Å². The molecule has 0 radical (unpaired) electrons. The lowest BCUT2D eigenvalue weighted by Gasteiger charge is -2.03. The van der Waals surface area contributed by atoms with E-state index in [4.69, 9.17) is 10.7 Å². The Balaban J connectivity index is 2.02. The summed E-state index contributed by atoms with van der Waals surface area (Å²) >= 11 is 1.79. The molecule has 0 amide bonds. The van der Waals surface area contributed by atoms with Gasteiger partial charge in [-0.2, -0.15) is 0 Å². The summed E-state index contributed by atoms with van der Waals surface area (Å²) in [5.41, 5.74) is 8.26. The summed E-state index contributed by atoms with van der Waals surface area (Å²) in [7, 11) is 0. The Morgan fingerprint density at radius 3 is 3.00 bits per heavy atom. The zero-order valence-corrected chi connectivity index (χ0v) is 10.00. The highest BCUT2D eigenvalue weighted by Gasteiger charge is 2.20. The fraction of sp³-hybridized carbons (Fsp3) is 0.308. The summed E-state index contributed by atoms with van der Waals surface area (Å²) in [4.78, 5) is 4.70. The van der Waals surface area contributed by atoms with Crippen molar-refractivity contribution in [2.45, 2.75) is 25.3 Å². The summed E-state index contributed by atoms with van der Waals surface area (Å²) in [6.45, 7) is 2.10. The Morgan fingerprint density at radius 2 is 2.25 bits per heavy atom. The summed E-state index contributed by atoms with van der Waals surface area (Å²) in [5, 5.41) is 1.20. The average Bonchev–Trinajstić information content (AvgIpc) is 2.83. The smallest absolute Gasteiger partial charge is 0.101 e. The summed E-state index contributed by atoms with van der Waals surface area (Å²) in [6, 6.07) is 6.65. The van der Waals surface area contributed by atoms with Crippen LogP contribution in [0.1, 0.15) is 22.9 Å². The molecule has 3 rings (SSSR count). The zero-order valence-electron chi connectivity index (χ0n) is 9.18. The highest BCUT2D eigenvalue weighted by molar-refractivity contribution is 7.18. The molecule has 3 heteroatoms. The van der Waals surface area contributed by atoms with Gasteiger partial charge in [-0.25, -0.2) is 4.98 Å². The molecule has 1 aliphatic carbocycles. The second-order valence-electron chi connectivity index (χ2n) is 4.41. The van der Waals surface area contributed by atoms with Crippen molar-refractivity contribution in [3.8, 4) is 0 Å². The number of rotatable bonds is 1. The third kappa shape index (κ3) is 1.66. The molecule has 1 heterocycles. The fourth-order valence-electron chi connectivity index (χ4n) is 2.12. The van der Waals surface area contributed by atoms with Crippen molar-refractivity contribution < 1.29 is 0 Å². The number of hydrogen-bond donors (Lipinski definition) is 1. The highest BCUT2D eigenvalue weighted by atomic mass is 32.1. The second kappa shape index (κ2) is 3.68. The Bertz CT molecular complexity index is 556. The molecule has 0 spiro atoms. The van der Waals surface area contributed by atoms with Gasteiger partial charge in [0.2, 0.25) is 0 Å². The predicted molar refractivity (Wildman–Crippen MR) is 68.8 cm³/mol. The maximum absolute atomic E-state index is 5.87. The Kier molecular flexibility index (Phi) is 2.30. The highest BCUT2D eigenvalue weighted by Crippen LogP contribution is 2.33. The van der Waals surface area contributed by atoms with Crippen molar-refractivity contribution in [3.63, 3.8) is 0 Å². The first-order chi connectivity index (χ1) is 7.72. The third-order valence-electron chi connectivity index (χ3n) is 2.99. The molecule has 0 fully saturated rings. The van der Waals surface area contributed by atoms with Crippen LogP contribution in [0.5, 0.6) is 0 Å². The summed E-state index contributed by atoms with van der Waals surface area (Å²) in [6.07, 6.45) is 5.27. The van der Waals surface area contributed by atoms with Crippen LogP contribution in [-0.2, 0) is 0 Å². The SMILES string of the molecule is Cc1ccc2sc(C3C=CC(N)C3)nc2c1. The number of nitrogens with zero attached hydrogens (tertiary/aromatic N) is 1. The van der Waals surface area contributed by atoms with E-state index in [1.54, 1.807) is 11.3 Å². The number of hydrogen-bond acceptors (Lipinski definition) is 3.